The van der Waals surface area contributed by atoms with Crippen LogP contribution in [0.3, 0.4) is 0 Å². The topological polar surface area (TPSA) is 6.48 Å². The van der Waals surface area contributed by atoms with Gasteiger partial charge in [0.25, 0.3) is 6.71 Å². The first-order valence-electron chi connectivity index (χ1n) is 23.7. The number of fused-ring (bicyclic) bond motifs is 9. The molecule has 0 atom stereocenters. The lowest BCUT2D eigenvalue weighted by molar-refractivity contribution is 0.331. The molecular formula is C59H62BFN2S. The lowest BCUT2D eigenvalue weighted by Gasteiger charge is -2.49. The Balaban J connectivity index is 1.29. The number of hydrogen-bond acceptors (Lipinski definition) is 3. The quantitative estimate of drug-likeness (QED) is 0.163. The lowest BCUT2D eigenvalue weighted by Crippen LogP contribution is -2.61. The van der Waals surface area contributed by atoms with Crippen LogP contribution in [-0.2, 0) is 27.1 Å². The van der Waals surface area contributed by atoms with Crippen LogP contribution in [0, 0.1) is 12.7 Å². The Bertz CT molecular complexity index is 3090. The first kappa shape index (κ1) is 41.6. The molecule has 11 rings (SSSR count). The summed E-state index contributed by atoms with van der Waals surface area (Å²) in [5, 5.41) is 1.22. The predicted octanol–water partition coefficient (Wildman–Crippen LogP) is 15.1. The summed E-state index contributed by atoms with van der Waals surface area (Å²) >= 11 is 1.92. The minimum atomic E-state index is -0.221. The molecule has 0 bridgehead atoms. The normalized spacial score (nSPS) is 18.5. The summed E-state index contributed by atoms with van der Waals surface area (Å²) in [6.07, 6.45) is 4.49. The molecule has 0 saturated carbocycles. The van der Waals surface area contributed by atoms with Crippen LogP contribution >= 0.6 is 11.3 Å². The fraction of sp³-hybridized carbons (Fsp3) is 0.356. The van der Waals surface area contributed by atoms with Gasteiger partial charge in [-0.2, -0.15) is 0 Å². The number of rotatable bonds is 3. The molecule has 324 valence electrons. The van der Waals surface area contributed by atoms with E-state index >= 15 is 4.39 Å². The van der Waals surface area contributed by atoms with Crippen LogP contribution in [0.15, 0.2) is 109 Å². The summed E-state index contributed by atoms with van der Waals surface area (Å²) in [5.74, 6) is -0.221. The number of benzene rings is 6. The van der Waals surface area contributed by atoms with E-state index < -0.39 is 0 Å². The Kier molecular flexibility index (Phi) is 8.90. The van der Waals surface area contributed by atoms with Gasteiger partial charge >= 0.3 is 0 Å². The SMILES string of the molecule is Cc1ccc2sc3c(c2c1)N(c1ccc(C(C)(C)C)cc1-c1ccccc1)c1cc(F)cc2c1B3c1ccc3c(c1N2c1ccc2c(c1)C(C)(C)CCC2(C)C)C(C)(C)CCC3(C)C. The highest BCUT2D eigenvalue weighted by Crippen LogP contribution is 2.56. The number of halogens is 1. The highest BCUT2D eigenvalue weighted by Gasteiger charge is 2.50. The maximum absolute atomic E-state index is 17.4. The Morgan fingerprint density at radius 2 is 1.23 bits per heavy atom. The number of hydrogen-bond donors (Lipinski definition) is 0. The number of anilines is 6. The Labute approximate surface area is 385 Å². The van der Waals surface area contributed by atoms with Crippen molar-refractivity contribution in [2.24, 2.45) is 0 Å². The van der Waals surface area contributed by atoms with Crippen LogP contribution in [0.2, 0.25) is 0 Å². The monoisotopic (exact) mass is 860 g/mol. The molecule has 2 aliphatic carbocycles. The van der Waals surface area contributed by atoms with Crippen molar-refractivity contribution in [2.75, 3.05) is 9.80 Å². The summed E-state index contributed by atoms with van der Waals surface area (Å²) in [7, 11) is 0. The van der Waals surface area contributed by atoms with Crippen LogP contribution < -0.4 is 25.5 Å². The molecule has 6 aromatic carbocycles. The third-order valence-corrected chi connectivity index (χ3v) is 17.2. The molecule has 7 aromatic rings. The Hall–Kier alpha value is -5.13. The summed E-state index contributed by atoms with van der Waals surface area (Å²) in [6.45, 7) is 28.4. The molecule has 5 heteroatoms. The summed E-state index contributed by atoms with van der Waals surface area (Å²) < 4.78 is 20.0. The molecule has 3 heterocycles. The maximum atomic E-state index is 17.4. The molecule has 0 unspecified atom stereocenters. The third-order valence-electron chi connectivity index (χ3n) is 16.0. The zero-order valence-corrected chi connectivity index (χ0v) is 40.8. The average Bonchev–Trinajstić information content (AvgIpc) is 3.61. The van der Waals surface area contributed by atoms with Gasteiger partial charge in [0.15, 0.2) is 0 Å². The van der Waals surface area contributed by atoms with Crippen LogP contribution in [0.5, 0.6) is 0 Å². The van der Waals surface area contributed by atoms with Gasteiger partial charge in [-0.05, 0) is 153 Å². The van der Waals surface area contributed by atoms with Crippen LogP contribution in [0.25, 0.3) is 21.2 Å². The van der Waals surface area contributed by atoms with E-state index in [-0.39, 0.29) is 39.6 Å². The smallest absolute Gasteiger partial charge is 0.264 e. The zero-order valence-electron chi connectivity index (χ0n) is 40.0. The van der Waals surface area contributed by atoms with E-state index in [1.165, 1.54) is 70.5 Å². The Morgan fingerprint density at radius 1 is 0.594 bits per heavy atom. The van der Waals surface area contributed by atoms with Gasteiger partial charge in [-0.25, -0.2) is 4.39 Å². The minimum Gasteiger partial charge on any atom is -0.311 e. The molecular weight excluding hydrogens is 799 g/mol. The molecule has 2 aliphatic heterocycles. The van der Waals surface area contributed by atoms with E-state index in [9.17, 15) is 0 Å². The van der Waals surface area contributed by atoms with E-state index in [0.717, 1.165) is 59.6 Å². The second kappa shape index (κ2) is 13.7. The molecule has 1 aromatic heterocycles. The van der Waals surface area contributed by atoms with Crippen molar-refractivity contribution >= 4 is 78.0 Å². The van der Waals surface area contributed by atoms with E-state index in [0.29, 0.717) is 0 Å². The summed E-state index contributed by atoms with van der Waals surface area (Å²) in [5.41, 5.74) is 19.4. The van der Waals surface area contributed by atoms with Crippen LogP contribution in [0.4, 0.5) is 38.5 Å². The van der Waals surface area contributed by atoms with E-state index in [1.807, 2.05) is 23.5 Å². The van der Waals surface area contributed by atoms with E-state index in [2.05, 4.69) is 190 Å². The molecule has 0 radical (unpaired) electrons. The predicted molar refractivity (Wildman–Crippen MR) is 275 cm³/mol. The molecule has 64 heavy (non-hydrogen) atoms. The lowest BCUT2D eigenvalue weighted by atomic mass is 9.35. The van der Waals surface area contributed by atoms with Crippen molar-refractivity contribution in [3.05, 3.63) is 148 Å². The van der Waals surface area contributed by atoms with E-state index in [4.69, 9.17) is 0 Å². The first-order chi connectivity index (χ1) is 30.2. The standard InChI is InChI=1S/C59H62BFN2S/c1-35-18-25-49-41(30-35)52-54(64-49)60-45-23-22-43-50(59(11,12)29-28-57(43,7)8)53(45)62(39-20-21-42-44(34-39)58(9,10)27-26-56(42,5)6)47-32-38(61)33-48(51(47)60)63(52)46-24-19-37(55(2,3)4)31-40(46)36-16-14-13-15-17-36/h13-25,30-34H,26-29H2,1-12H3. The highest BCUT2D eigenvalue weighted by atomic mass is 32.1. The second-order valence-corrected chi connectivity index (χ2v) is 24.4. The minimum absolute atomic E-state index is 0.00246. The third kappa shape index (κ3) is 6.08. The van der Waals surface area contributed by atoms with Gasteiger partial charge in [-0.1, -0.05) is 142 Å². The largest absolute Gasteiger partial charge is 0.311 e. The van der Waals surface area contributed by atoms with Crippen molar-refractivity contribution in [2.45, 2.75) is 136 Å². The molecule has 0 N–H and O–H groups in total. The molecule has 0 saturated heterocycles. The molecule has 0 amide bonds. The zero-order chi connectivity index (χ0) is 45.0. The fourth-order valence-corrected chi connectivity index (χ4v) is 13.4. The van der Waals surface area contributed by atoms with Gasteiger partial charge < -0.3 is 9.80 Å². The van der Waals surface area contributed by atoms with Gasteiger partial charge in [0.1, 0.15) is 5.82 Å². The molecule has 0 fully saturated rings. The second-order valence-electron chi connectivity index (χ2n) is 23.3. The van der Waals surface area contributed by atoms with Gasteiger partial charge in [0.2, 0.25) is 0 Å². The number of thiophene rings is 1. The van der Waals surface area contributed by atoms with Crippen LogP contribution in [0.1, 0.15) is 135 Å². The van der Waals surface area contributed by atoms with Crippen molar-refractivity contribution in [1.82, 2.24) is 0 Å². The van der Waals surface area contributed by atoms with Crippen molar-refractivity contribution in [3.63, 3.8) is 0 Å². The van der Waals surface area contributed by atoms with Crippen molar-refractivity contribution in [3.8, 4) is 11.1 Å². The number of aryl methyl sites for hydroxylation is 1. The first-order valence-corrected chi connectivity index (χ1v) is 24.5. The van der Waals surface area contributed by atoms with Gasteiger partial charge in [0.05, 0.1) is 11.4 Å². The molecule has 0 spiro atoms. The van der Waals surface area contributed by atoms with Crippen LogP contribution in [-0.4, -0.2) is 6.71 Å². The van der Waals surface area contributed by atoms with Gasteiger partial charge in [-0.15, -0.1) is 11.3 Å². The number of nitrogens with zero attached hydrogens (tertiary/aromatic N) is 2. The molecule has 4 aliphatic rings. The van der Waals surface area contributed by atoms with Crippen molar-refractivity contribution in [1.29, 1.82) is 0 Å². The average molecular weight is 861 g/mol. The fourth-order valence-electron chi connectivity index (χ4n) is 12.1. The van der Waals surface area contributed by atoms with Gasteiger partial charge in [-0.3, -0.25) is 0 Å². The molecule has 2 nitrogen and oxygen atoms in total. The van der Waals surface area contributed by atoms with Crippen molar-refractivity contribution < 1.29 is 4.39 Å². The highest BCUT2D eigenvalue weighted by molar-refractivity contribution is 7.33. The maximum Gasteiger partial charge on any atom is 0.264 e. The Morgan fingerprint density at radius 3 is 1.94 bits per heavy atom. The summed E-state index contributed by atoms with van der Waals surface area (Å²) in [6, 6.07) is 40.6. The summed E-state index contributed by atoms with van der Waals surface area (Å²) in [4.78, 5) is 4.98. The van der Waals surface area contributed by atoms with E-state index in [1.54, 1.807) is 0 Å². The van der Waals surface area contributed by atoms with Gasteiger partial charge in [0, 0.05) is 43.2 Å².